The first-order valence-corrected chi connectivity index (χ1v) is 6.93. The lowest BCUT2D eigenvalue weighted by molar-refractivity contribution is 0.0526. The van der Waals surface area contributed by atoms with E-state index in [2.05, 4.69) is 46.5 Å². The zero-order valence-corrected chi connectivity index (χ0v) is 12.2. The van der Waals surface area contributed by atoms with Gasteiger partial charge in [-0.2, -0.15) is 0 Å². The molecule has 0 N–H and O–H groups in total. The fourth-order valence-corrected chi connectivity index (χ4v) is 3.66. The van der Waals surface area contributed by atoms with Gasteiger partial charge in [-0.25, -0.2) is 4.98 Å². The summed E-state index contributed by atoms with van der Waals surface area (Å²) >= 11 is 1.69. The van der Waals surface area contributed by atoms with Crippen LogP contribution in [-0.2, 0) is 5.54 Å². The van der Waals surface area contributed by atoms with Gasteiger partial charge in [0.2, 0.25) is 0 Å². The fraction of sp³-hybridized carbons (Fsp3) is 0.692. The second kappa shape index (κ2) is 3.80. The Morgan fingerprint density at radius 2 is 1.82 bits per heavy atom. The van der Waals surface area contributed by atoms with Crippen LogP contribution in [0.15, 0.2) is 0 Å². The summed E-state index contributed by atoms with van der Waals surface area (Å²) in [5, 5.41) is 1.07. The Morgan fingerprint density at radius 3 is 2.24 bits per heavy atom. The van der Waals surface area contributed by atoms with Gasteiger partial charge in [-0.3, -0.25) is 4.79 Å². The molecule has 0 saturated carbocycles. The number of nitrogens with zero attached hydrogens (tertiary/aromatic N) is 2. The van der Waals surface area contributed by atoms with Gasteiger partial charge in [0.15, 0.2) is 0 Å². The Hall–Kier alpha value is -0.900. The van der Waals surface area contributed by atoms with Gasteiger partial charge in [-0.05, 0) is 27.7 Å². The number of hydrogen-bond acceptors (Lipinski definition) is 3. The maximum Gasteiger partial charge on any atom is 0.274 e. The molecule has 0 spiro atoms. The molecule has 0 bridgehead atoms. The van der Waals surface area contributed by atoms with Crippen molar-refractivity contribution in [2.45, 2.75) is 59.0 Å². The molecule has 1 aromatic heterocycles. The van der Waals surface area contributed by atoms with Crippen molar-refractivity contribution >= 4 is 17.2 Å². The molecule has 0 radical (unpaired) electrons. The highest BCUT2D eigenvalue weighted by Gasteiger charge is 2.47. The Morgan fingerprint density at radius 1 is 1.24 bits per heavy atom. The Bertz CT molecular complexity index is 460. The molecule has 1 aromatic rings. The summed E-state index contributed by atoms with van der Waals surface area (Å²) in [7, 11) is 0. The van der Waals surface area contributed by atoms with Gasteiger partial charge in [0.05, 0.1) is 15.4 Å². The van der Waals surface area contributed by atoms with E-state index in [0.717, 1.165) is 9.88 Å². The molecule has 1 amide bonds. The molecule has 1 aliphatic heterocycles. The minimum atomic E-state index is -0.217. The summed E-state index contributed by atoms with van der Waals surface area (Å²) in [5.74, 6) is 0.477. The summed E-state index contributed by atoms with van der Waals surface area (Å²) in [4.78, 5) is 19.9. The number of fused-ring (bicyclic) bond motifs is 1. The second-order valence-corrected chi connectivity index (χ2v) is 6.74. The van der Waals surface area contributed by atoms with E-state index in [1.165, 1.54) is 0 Å². The quantitative estimate of drug-likeness (QED) is 0.808. The number of amides is 1. The predicted octanol–water partition coefficient (Wildman–Crippen LogP) is 3.37. The molecular formula is C13H20N2OS. The van der Waals surface area contributed by atoms with Crippen molar-refractivity contribution in [3.8, 4) is 0 Å². The Labute approximate surface area is 107 Å². The zero-order valence-electron chi connectivity index (χ0n) is 11.4. The van der Waals surface area contributed by atoms with E-state index in [1.807, 2.05) is 4.90 Å². The van der Waals surface area contributed by atoms with Crippen molar-refractivity contribution in [2.75, 3.05) is 0 Å². The van der Waals surface area contributed by atoms with Crippen LogP contribution in [-0.4, -0.2) is 21.8 Å². The lowest BCUT2D eigenvalue weighted by Crippen LogP contribution is -2.43. The molecule has 2 heterocycles. The monoisotopic (exact) mass is 252 g/mol. The predicted molar refractivity (Wildman–Crippen MR) is 70.5 cm³/mol. The van der Waals surface area contributed by atoms with Crippen molar-refractivity contribution in [2.24, 2.45) is 0 Å². The van der Waals surface area contributed by atoms with E-state index < -0.39 is 0 Å². The van der Waals surface area contributed by atoms with Crippen LogP contribution in [0.25, 0.3) is 0 Å². The first kappa shape index (κ1) is 12.6. The molecule has 94 valence electrons. The number of rotatable bonds is 2. The molecule has 2 rings (SSSR count). The van der Waals surface area contributed by atoms with Gasteiger partial charge in [-0.1, -0.05) is 13.8 Å². The van der Waals surface area contributed by atoms with Crippen LogP contribution in [0.4, 0.5) is 0 Å². The van der Waals surface area contributed by atoms with Crippen LogP contribution in [0.1, 0.15) is 67.8 Å². The third-order valence-corrected chi connectivity index (χ3v) is 4.90. The molecule has 4 heteroatoms. The standard InChI is InChI=1S/C13H20N2OS/c1-7(2)11-14-9-10(17-11)13(5,6)15(8(3)4)12(9)16/h7-8H,1-6H3. The zero-order chi connectivity index (χ0) is 13.0. The summed E-state index contributed by atoms with van der Waals surface area (Å²) in [6.45, 7) is 12.6. The van der Waals surface area contributed by atoms with Crippen LogP contribution in [0.2, 0.25) is 0 Å². The number of aromatic nitrogens is 1. The number of thiazole rings is 1. The smallest absolute Gasteiger partial charge is 0.274 e. The molecule has 1 aliphatic rings. The molecule has 17 heavy (non-hydrogen) atoms. The van der Waals surface area contributed by atoms with E-state index in [4.69, 9.17) is 0 Å². The molecule has 0 atom stereocenters. The van der Waals surface area contributed by atoms with Gasteiger partial charge >= 0.3 is 0 Å². The largest absolute Gasteiger partial charge is 0.325 e. The second-order valence-electron chi connectivity index (χ2n) is 5.71. The number of carbonyl (C=O) groups is 1. The molecule has 0 aliphatic carbocycles. The topological polar surface area (TPSA) is 33.2 Å². The third kappa shape index (κ3) is 1.69. The van der Waals surface area contributed by atoms with E-state index in [-0.39, 0.29) is 17.5 Å². The van der Waals surface area contributed by atoms with E-state index in [1.54, 1.807) is 11.3 Å². The van der Waals surface area contributed by atoms with Crippen LogP contribution >= 0.6 is 11.3 Å². The normalized spacial score (nSPS) is 18.4. The van der Waals surface area contributed by atoms with E-state index in [9.17, 15) is 4.79 Å². The van der Waals surface area contributed by atoms with E-state index >= 15 is 0 Å². The van der Waals surface area contributed by atoms with Crippen molar-refractivity contribution in [1.82, 2.24) is 9.88 Å². The number of hydrogen-bond donors (Lipinski definition) is 0. The first-order chi connectivity index (χ1) is 7.76. The van der Waals surface area contributed by atoms with Crippen molar-refractivity contribution in [3.05, 3.63) is 15.6 Å². The highest BCUT2D eigenvalue weighted by molar-refractivity contribution is 7.12. The van der Waals surface area contributed by atoms with Crippen molar-refractivity contribution in [1.29, 1.82) is 0 Å². The molecule has 0 aromatic carbocycles. The first-order valence-electron chi connectivity index (χ1n) is 6.11. The van der Waals surface area contributed by atoms with E-state index in [0.29, 0.717) is 11.6 Å². The fourth-order valence-electron chi connectivity index (χ4n) is 2.50. The van der Waals surface area contributed by atoms with Crippen LogP contribution in [0.3, 0.4) is 0 Å². The maximum absolute atomic E-state index is 12.4. The highest BCUT2D eigenvalue weighted by Crippen LogP contribution is 2.44. The number of carbonyl (C=O) groups excluding carboxylic acids is 1. The summed E-state index contributed by atoms with van der Waals surface area (Å²) < 4.78 is 0. The van der Waals surface area contributed by atoms with Crippen molar-refractivity contribution in [3.63, 3.8) is 0 Å². The highest BCUT2D eigenvalue weighted by atomic mass is 32.1. The van der Waals surface area contributed by atoms with Crippen LogP contribution < -0.4 is 0 Å². The molecule has 0 unspecified atom stereocenters. The summed E-state index contributed by atoms with van der Waals surface area (Å²) in [5.41, 5.74) is 0.461. The van der Waals surface area contributed by atoms with Gasteiger partial charge in [0, 0.05) is 12.0 Å². The molecule has 0 saturated heterocycles. The van der Waals surface area contributed by atoms with Gasteiger partial charge in [0.1, 0.15) is 5.69 Å². The SMILES string of the molecule is CC(C)c1nc2c(s1)C(C)(C)N(C(C)C)C2=O. The van der Waals surface area contributed by atoms with Crippen LogP contribution in [0, 0.1) is 0 Å². The van der Waals surface area contributed by atoms with Gasteiger partial charge in [-0.15, -0.1) is 11.3 Å². The summed E-state index contributed by atoms with van der Waals surface area (Å²) in [6.07, 6.45) is 0. The third-order valence-electron chi connectivity index (χ3n) is 3.23. The molecule has 3 nitrogen and oxygen atoms in total. The lowest BCUT2D eigenvalue weighted by Gasteiger charge is -2.35. The molecule has 0 fully saturated rings. The van der Waals surface area contributed by atoms with Gasteiger partial charge in [0.25, 0.3) is 5.91 Å². The Balaban J connectivity index is 2.52. The average molecular weight is 252 g/mol. The van der Waals surface area contributed by atoms with Crippen molar-refractivity contribution < 1.29 is 4.79 Å². The van der Waals surface area contributed by atoms with Gasteiger partial charge < -0.3 is 4.90 Å². The lowest BCUT2D eigenvalue weighted by atomic mass is 10.0. The minimum Gasteiger partial charge on any atom is -0.325 e. The minimum absolute atomic E-state index is 0.0863. The average Bonchev–Trinajstić information content (AvgIpc) is 2.66. The maximum atomic E-state index is 12.4. The Kier molecular flexibility index (Phi) is 2.81. The summed E-state index contributed by atoms with van der Waals surface area (Å²) in [6, 6.07) is 0.210. The van der Waals surface area contributed by atoms with Crippen LogP contribution in [0.5, 0.6) is 0 Å². The molecular weight excluding hydrogens is 232 g/mol.